The summed E-state index contributed by atoms with van der Waals surface area (Å²) in [5, 5.41) is 2.91. The van der Waals surface area contributed by atoms with E-state index < -0.39 is 0 Å². The van der Waals surface area contributed by atoms with E-state index in [0.29, 0.717) is 17.9 Å². The highest BCUT2D eigenvalue weighted by atomic mass is 16.2. The zero-order valence-electron chi connectivity index (χ0n) is 19.5. The number of hydrogen-bond acceptors (Lipinski definition) is 3. The average Bonchev–Trinajstić information content (AvgIpc) is 3.45. The summed E-state index contributed by atoms with van der Waals surface area (Å²) >= 11 is 0. The Balaban J connectivity index is 0.000000219. The van der Waals surface area contributed by atoms with Crippen molar-refractivity contribution in [3.05, 3.63) is 0 Å². The third-order valence-corrected chi connectivity index (χ3v) is 5.27. The van der Waals surface area contributed by atoms with Gasteiger partial charge in [-0.3, -0.25) is 14.4 Å². The van der Waals surface area contributed by atoms with E-state index in [4.69, 9.17) is 0 Å². The van der Waals surface area contributed by atoms with Crippen molar-refractivity contribution in [2.24, 2.45) is 17.8 Å². The molecule has 0 aromatic rings. The molecular formula is C23H43N3O3. The monoisotopic (exact) mass is 409 g/mol. The fourth-order valence-electron chi connectivity index (χ4n) is 2.98. The molecule has 1 aliphatic carbocycles. The first-order valence-corrected chi connectivity index (χ1v) is 11.5. The molecule has 6 heteroatoms. The molecule has 3 aliphatic rings. The minimum atomic E-state index is 0.144. The molecule has 2 saturated heterocycles. The average molecular weight is 410 g/mol. The van der Waals surface area contributed by atoms with Gasteiger partial charge in [-0.1, -0.05) is 41.5 Å². The zero-order valence-corrected chi connectivity index (χ0v) is 19.5. The summed E-state index contributed by atoms with van der Waals surface area (Å²) in [7, 11) is 0. The number of piperidine rings is 1. The molecule has 0 aromatic heterocycles. The fourth-order valence-corrected chi connectivity index (χ4v) is 2.98. The Kier molecular flexibility index (Phi) is 11.3. The highest BCUT2D eigenvalue weighted by Crippen LogP contribution is 2.19. The fraction of sp³-hybridized carbons (Fsp3) is 0.870. The van der Waals surface area contributed by atoms with Gasteiger partial charge in [0.1, 0.15) is 0 Å². The summed E-state index contributed by atoms with van der Waals surface area (Å²) in [5.41, 5.74) is 0. The summed E-state index contributed by atoms with van der Waals surface area (Å²) in [5.74, 6) is 1.33. The van der Waals surface area contributed by atoms with Gasteiger partial charge in [-0.2, -0.15) is 0 Å². The first-order chi connectivity index (χ1) is 13.6. The van der Waals surface area contributed by atoms with Gasteiger partial charge in [0.2, 0.25) is 17.7 Å². The van der Waals surface area contributed by atoms with Crippen LogP contribution in [-0.2, 0) is 14.4 Å². The number of carbonyl (C=O) groups excluding carboxylic acids is 3. The molecule has 3 amide bonds. The van der Waals surface area contributed by atoms with Crippen molar-refractivity contribution in [1.29, 1.82) is 0 Å². The quantitative estimate of drug-likeness (QED) is 0.773. The van der Waals surface area contributed by atoms with Gasteiger partial charge in [-0.25, -0.2) is 0 Å². The van der Waals surface area contributed by atoms with Gasteiger partial charge in [0, 0.05) is 50.0 Å². The molecule has 3 rings (SSSR count). The van der Waals surface area contributed by atoms with Crippen LogP contribution in [0.5, 0.6) is 0 Å². The van der Waals surface area contributed by atoms with Crippen LogP contribution in [0.25, 0.3) is 0 Å². The predicted molar refractivity (Wildman–Crippen MR) is 117 cm³/mol. The van der Waals surface area contributed by atoms with E-state index in [1.165, 1.54) is 38.5 Å². The van der Waals surface area contributed by atoms with Crippen molar-refractivity contribution in [2.75, 3.05) is 26.2 Å². The zero-order chi connectivity index (χ0) is 22.0. The molecule has 2 heterocycles. The van der Waals surface area contributed by atoms with Gasteiger partial charge in [0.05, 0.1) is 0 Å². The smallest absolute Gasteiger partial charge is 0.225 e. The lowest BCUT2D eigenvalue weighted by atomic mass is 10.1. The SMILES string of the molecule is CC(C)C(=O)N1CCC1.CC(C)C(=O)N1CCCCC1.CC(C)C(=O)NC1CC1. The van der Waals surface area contributed by atoms with Crippen LogP contribution in [-0.4, -0.2) is 59.7 Å². The number of rotatable bonds is 4. The minimum Gasteiger partial charge on any atom is -0.353 e. The van der Waals surface area contributed by atoms with E-state index >= 15 is 0 Å². The van der Waals surface area contributed by atoms with Crippen LogP contribution in [0.2, 0.25) is 0 Å². The molecule has 2 aliphatic heterocycles. The van der Waals surface area contributed by atoms with Crippen molar-refractivity contribution < 1.29 is 14.4 Å². The van der Waals surface area contributed by atoms with Crippen LogP contribution in [0.3, 0.4) is 0 Å². The minimum absolute atomic E-state index is 0.144. The maximum Gasteiger partial charge on any atom is 0.225 e. The Labute approximate surface area is 177 Å². The summed E-state index contributed by atoms with van der Waals surface area (Å²) < 4.78 is 0. The molecule has 6 nitrogen and oxygen atoms in total. The molecule has 0 aromatic carbocycles. The molecule has 0 unspecified atom stereocenters. The number of likely N-dealkylation sites (tertiary alicyclic amines) is 2. The Morgan fingerprint density at radius 1 is 0.655 bits per heavy atom. The molecule has 3 fully saturated rings. The van der Waals surface area contributed by atoms with Crippen LogP contribution in [0.1, 0.15) is 80.1 Å². The highest BCUT2D eigenvalue weighted by Gasteiger charge is 2.24. The van der Waals surface area contributed by atoms with Crippen LogP contribution < -0.4 is 5.32 Å². The molecule has 0 bridgehead atoms. The molecule has 0 atom stereocenters. The van der Waals surface area contributed by atoms with Crippen LogP contribution >= 0.6 is 0 Å². The molecular weight excluding hydrogens is 366 g/mol. The maximum absolute atomic E-state index is 11.4. The van der Waals surface area contributed by atoms with Gasteiger partial charge in [0.15, 0.2) is 0 Å². The normalized spacial score (nSPS) is 18.4. The maximum atomic E-state index is 11.4. The summed E-state index contributed by atoms with van der Waals surface area (Å²) in [4.78, 5) is 37.3. The Morgan fingerprint density at radius 3 is 1.34 bits per heavy atom. The second-order valence-corrected chi connectivity index (χ2v) is 9.31. The van der Waals surface area contributed by atoms with Crippen molar-refractivity contribution in [1.82, 2.24) is 15.1 Å². The van der Waals surface area contributed by atoms with Crippen LogP contribution in [0.15, 0.2) is 0 Å². The first-order valence-electron chi connectivity index (χ1n) is 11.5. The highest BCUT2D eigenvalue weighted by molar-refractivity contribution is 5.79. The van der Waals surface area contributed by atoms with Crippen molar-refractivity contribution in [2.45, 2.75) is 86.1 Å². The van der Waals surface area contributed by atoms with Gasteiger partial charge >= 0.3 is 0 Å². The van der Waals surface area contributed by atoms with Crippen molar-refractivity contribution in [3.63, 3.8) is 0 Å². The molecule has 168 valence electrons. The van der Waals surface area contributed by atoms with Crippen molar-refractivity contribution in [3.8, 4) is 0 Å². The largest absolute Gasteiger partial charge is 0.353 e. The molecule has 1 saturated carbocycles. The van der Waals surface area contributed by atoms with E-state index in [2.05, 4.69) is 5.32 Å². The van der Waals surface area contributed by atoms with E-state index in [9.17, 15) is 14.4 Å². The lowest BCUT2D eigenvalue weighted by Crippen LogP contribution is -2.44. The summed E-state index contributed by atoms with van der Waals surface area (Å²) in [6, 6.07) is 0.514. The second kappa shape index (κ2) is 12.9. The summed E-state index contributed by atoms with van der Waals surface area (Å²) in [6.45, 7) is 15.6. The van der Waals surface area contributed by atoms with Gasteiger partial charge in [0.25, 0.3) is 0 Å². The second-order valence-electron chi connectivity index (χ2n) is 9.31. The lowest BCUT2D eigenvalue weighted by molar-refractivity contribution is -0.138. The Bertz CT molecular complexity index is 517. The number of nitrogens with zero attached hydrogens (tertiary/aromatic N) is 2. The number of nitrogens with one attached hydrogen (secondary N) is 1. The molecule has 0 spiro atoms. The third-order valence-electron chi connectivity index (χ3n) is 5.27. The molecule has 0 radical (unpaired) electrons. The lowest BCUT2D eigenvalue weighted by Gasteiger charge is -2.32. The van der Waals surface area contributed by atoms with Gasteiger partial charge < -0.3 is 15.1 Å². The van der Waals surface area contributed by atoms with Gasteiger partial charge in [-0.05, 0) is 38.5 Å². The number of amides is 3. The topological polar surface area (TPSA) is 69.7 Å². The number of hydrogen-bond donors (Lipinski definition) is 1. The number of carbonyl (C=O) groups is 3. The van der Waals surface area contributed by atoms with Crippen molar-refractivity contribution >= 4 is 17.7 Å². The summed E-state index contributed by atoms with van der Waals surface area (Å²) in [6.07, 6.45) is 7.23. The Hall–Kier alpha value is -1.59. The standard InChI is InChI=1S/C9H17NO.2C7H13NO/c1-8(2)9(11)10-6-4-3-5-7-10;1-6(2)7(9)8-4-3-5-8;1-5(2)7(9)8-6-3-4-6/h8H,3-7H2,1-2H3;6H,3-5H2,1-2H3;5-6H,3-4H2,1-2H3,(H,8,9). The first kappa shape index (κ1) is 25.4. The van der Waals surface area contributed by atoms with Gasteiger partial charge in [-0.15, -0.1) is 0 Å². The van der Waals surface area contributed by atoms with E-state index in [1.807, 2.05) is 51.3 Å². The van der Waals surface area contributed by atoms with E-state index in [1.54, 1.807) is 0 Å². The predicted octanol–water partition coefficient (Wildman–Crippen LogP) is 3.45. The Morgan fingerprint density at radius 2 is 1.07 bits per heavy atom. The van der Waals surface area contributed by atoms with Crippen LogP contribution in [0, 0.1) is 17.8 Å². The third kappa shape index (κ3) is 10.1. The molecule has 29 heavy (non-hydrogen) atoms. The van der Waals surface area contributed by atoms with E-state index in [-0.39, 0.29) is 23.7 Å². The molecule has 1 N–H and O–H groups in total. The van der Waals surface area contributed by atoms with E-state index in [0.717, 1.165) is 26.2 Å². The van der Waals surface area contributed by atoms with Crippen LogP contribution in [0.4, 0.5) is 0 Å².